The van der Waals surface area contributed by atoms with Crippen LogP contribution in [0, 0.1) is 0 Å². The van der Waals surface area contributed by atoms with Gasteiger partial charge in [-0.2, -0.15) is 0 Å². The molecule has 1 N–H and O–H groups in total. The van der Waals surface area contributed by atoms with Crippen LogP contribution >= 0.6 is 8.73 Å². The molecule has 3 heteroatoms. The van der Waals surface area contributed by atoms with Crippen LogP contribution in [0.5, 0.6) is 0 Å². The third-order valence-electron chi connectivity index (χ3n) is 8.98. The van der Waals surface area contributed by atoms with Crippen molar-refractivity contribution in [2.75, 3.05) is 9.99 Å². The van der Waals surface area contributed by atoms with Crippen molar-refractivity contribution >= 4 is 36.8 Å². The number of hydrogen-bond donors (Lipinski definition) is 1. The number of para-hydroxylation sites is 2. The number of hydrogen-bond acceptors (Lipinski definition) is 2. The Labute approximate surface area is 302 Å². The first-order valence-corrected chi connectivity index (χ1v) is 18.2. The van der Waals surface area contributed by atoms with Crippen molar-refractivity contribution in [3.63, 3.8) is 0 Å². The van der Waals surface area contributed by atoms with Crippen molar-refractivity contribution in [1.82, 2.24) is 0 Å². The van der Waals surface area contributed by atoms with Gasteiger partial charge in [0.2, 0.25) is 0 Å². The zero-order valence-electron chi connectivity index (χ0n) is 28.2. The maximum Gasteiger partial charge on any atom is 0.0684 e. The largest absolute Gasteiger partial charge is 0.354 e. The summed E-state index contributed by atoms with van der Waals surface area (Å²) < 4.78 is 2.47. The first-order chi connectivity index (χ1) is 25.3. The van der Waals surface area contributed by atoms with Gasteiger partial charge in [0.1, 0.15) is 0 Å². The molecule has 51 heavy (non-hydrogen) atoms. The number of nitrogens with one attached hydrogen (secondary N) is 1. The fourth-order valence-electron chi connectivity index (χ4n) is 6.46. The Bertz CT molecular complexity index is 2230. The van der Waals surface area contributed by atoms with Crippen LogP contribution in [0.1, 0.15) is 0 Å². The molecule has 0 aliphatic heterocycles. The van der Waals surface area contributed by atoms with Gasteiger partial charge in [0.25, 0.3) is 0 Å². The molecule has 0 saturated heterocycles. The Hall–Kier alpha value is -6.21. The molecule has 0 amide bonds. The van der Waals surface area contributed by atoms with Gasteiger partial charge in [0, 0.05) is 20.1 Å². The summed E-state index contributed by atoms with van der Waals surface area (Å²) in [5, 5.41) is 5.14. The second-order valence-corrected chi connectivity index (χ2v) is 13.7. The van der Waals surface area contributed by atoms with Crippen molar-refractivity contribution < 1.29 is 0 Å². The smallest absolute Gasteiger partial charge is 0.0684 e. The maximum atomic E-state index is 3.88. The van der Waals surface area contributed by atoms with E-state index in [1.807, 2.05) is 0 Å². The predicted molar refractivity (Wildman–Crippen MR) is 221 cm³/mol. The molecule has 0 spiro atoms. The van der Waals surface area contributed by atoms with Gasteiger partial charge in [-0.25, -0.2) is 0 Å². The minimum absolute atomic E-state index is 0.359. The lowest BCUT2D eigenvalue weighted by molar-refractivity contribution is 1.41. The van der Waals surface area contributed by atoms with E-state index < -0.39 is 0 Å². The predicted octanol–water partition coefficient (Wildman–Crippen LogP) is 13.2. The van der Waals surface area contributed by atoms with E-state index in [4.69, 9.17) is 0 Å². The van der Waals surface area contributed by atoms with E-state index in [-0.39, 0.29) is 0 Å². The average molecular weight is 673 g/mol. The number of nitrogens with zero attached hydrogens (tertiary/aromatic N) is 1. The summed E-state index contributed by atoms with van der Waals surface area (Å²) in [6.07, 6.45) is 0. The molecule has 0 aromatic heterocycles. The minimum atomic E-state index is 0.359. The van der Waals surface area contributed by atoms with Crippen LogP contribution in [0.2, 0.25) is 0 Å². The Kier molecular flexibility index (Phi) is 9.50. The molecule has 8 aromatic carbocycles. The number of rotatable bonds is 10. The molecule has 8 aromatic rings. The average Bonchev–Trinajstić information content (AvgIpc) is 3.22. The van der Waals surface area contributed by atoms with E-state index in [1.165, 1.54) is 49.8 Å². The van der Waals surface area contributed by atoms with Gasteiger partial charge in [-0.15, -0.1) is 0 Å². The zero-order chi connectivity index (χ0) is 34.2. The second kappa shape index (κ2) is 15.1. The van der Waals surface area contributed by atoms with E-state index in [0.29, 0.717) is 8.73 Å². The highest BCUT2D eigenvalue weighted by atomic mass is 31.1. The molecule has 244 valence electrons. The first-order valence-electron chi connectivity index (χ1n) is 17.3. The van der Waals surface area contributed by atoms with Crippen LogP contribution in [-0.4, -0.2) is 0 Å². The Morgan fingerprint density at radius 1 is 0.333 bits per heavy atom. The van der Waals surface area contributed by atoms with Gasteiger partial charge in [-0.05, 0) is 98.3 Å². The quantitative estimate of drug-likeness (QED) is 0.146. The van der Waals surface area contributed by atoms with Crippen LogP contribution < -0.4 is 15.3 Å². The van der Waals surface area contributed by atoms with Crippen molar-refractivity contribution in [3.8, 4) is 44.5 Å². The van der Waals surface area contributed by atoms with Gasteiger partial charge >= 0.3 is 0 Å². The van der Waals surface area contributed by atoms with Gasteiger partial charge in [0.05, 0.1) is 11.4 Å². The Balaban J connectivity index is 1.27. The summed E-state index contributed by atoms with van der Waals surface area (Å²) in [5.41, 5.74) is 13.8. The molecule has 0 aliphatic carbocycles. The minimum Gasteiger partial charge on any atom is -0.354 e. The standard InChI is InChI=1S/C48H37N2P/c1-6-18-36(19-7-1)40-30-41(37-20-8-2-9-21-37)33-44(32-40)49-47-28-16-17-29-48(47)50(51-46-26-14-5-15-27-46)45-34-42(38-22-10-3-11-23-38)31-43(35-45)39-24-12-4-13-25-39/h1-35,49,51H. The fraction of sp³-hybridized carbons (Fsp3) is 0. The van der Waals surface area contributed by atoms with Gasteiger partial charge in [0.15, 0.2) is 0 Å². The molecule has 0 fully saturated rings. The van der Waals surface area contributed by atoms with E-state index >= 15 is 0 Å². The molecule has 1 unspecified atom stereocenters. The summed E-state index contributed by atoms with van der Waals surface area (Å²) in [6, 6.07) is 75.8. The maximum absolute atomic E-state index is 3.88. The molecule has 0 radical (unpaired) electrons. The third-order valence-corrected chi connectivity index (χ3v) is 10.3. The van der Waals surface area contributed by atoms with Crippen molar-refractivity contribution in [2.45, 2.75) is 0 Å². The number of benzene rings is 8. The van der Waals surface area contributed by atoms with E-state index in [9.17, 15) is 0 Å². The lowest BCUT2D eigenvalue weighted by Crippen LogP contribution is -2.12. The SMILES string of the molecule is c1ccc(PN(c2cc(-c3ccccc3)cc(-c3ccccc3)c2)c2ccccc2Nc2cc(-c3ccccc3)cc(-c3ccccc3)c2)cc1. The lowest BCUT2D eigenvalue weighted by atomic mass is 9.97. The summed E-state index contributed by atoms with van der Waals surface area (Å²) in [6.45, 7) is 0. The summed E-state index contributed by atoms with van der Waals surface area (Å²) in [5.74, 6) is 0. The van der Waals surface area contributed by atoms with Gasteiger partial charge in [-0.3, -0.25) is 0 Å². The topological polar surface area (TPSA) is 15.3 Å². The van der Waals surface area contributed by atoms with Crippen molar-refractivity contribution in [1.29, 1.82) is 0 Å². The molecule has 0 bridgehead atoms. The Morgan fingerprint density at radius 3 is 1.16 bits per heavy atom. The first kappa shape index (κ1) is 32.0. The van der Waals surface area contributed by atoms with E-state index in [2.05, 4.69) is 222 Å². The highest BCUT2D eigenvalue weighted by Gasteiger charge is 2.18. The zero-order valence-corrected chi connectivity index (χ0v) is 29.2. The molecule has 1 atom stereocenters. The third kappa shape index (κ3) is 7.53. The fourth-order valence-corrected chi connectivity index (χ4v) is 7.64. The van der Waals surface area contributed by atoms with Crippen LogP contribution in [0.3, 0.4) is 0 Å². The van der Waals surface area contributed by atoms with Crippen molar-refractivity contribution in [3.05, 3.63) is 212 Å². The highest BCUT2D eigenvalue weighted by Crippen LogP contribution is 2.44. The second-order valence-electron chi connectivity index (χ2n) is 12.5. The van der Waals surface area contributed by atoms with Crippen molar-refractivity contribution in [2.24, 2.45) is 0 Å². The monoisotopic (exact) mass is 672 g/mol. The molecule has 8 rings (SSSR count). The number of anilines is 4. The molecule has 0 heterocycles. The molecule has 2 nitrogen and oxygen atoms in total. The Morgan fingerprint density at radius 2 is 0.706 bits per heavy atom. The molecular weight excluding hydrogens is 636 g/mol. The van der Waals surface area contributed by atoms with Crippen LogP contribution in [0.4, 0.5) is 22.7 Å². The summed E-state index contributed by atoms with van der Waals surface area (Å²) in [4.78, 5) is 0. The van der Waals surface area contributed by atoms with Crippen LogP contribution in [0.25, 0.3) is 44.5 Å². The molecule has 0 saturated carbocycles. The summed E-state index contributed by atoms with van der Waals surface area (Å²) in [7, 11) is 0.359. The highest BCUT2D eigenvalue weighted by molar-refractivity contribution is 7.49. The van der Waals surface area contributed by atoms with Gasteiger partial charge in [-0.1, -0.05) is 164 Å². The van der Waals surface area contributed by atoms with E-state index in [0.717, 1.165) is 22.7 Å². The molecular formula is C48H37N2P. The normalized spacial score (nSPS) is 11.1. The van der Waals surface area contributed by atoms with Gasteiger partial charge < -0.3 is 9.99 Å². The van der Waals surface area contributed by atoms with E-state index in [1.54, 1.807) is 0 Å². The van der Waals surface area contributed by atoms with Crippen LogP contribution in [0.15, 0.2) is 212 Å². The molecule has 0 aliphatic rings. The lowest BCUT2D eigenvalue weighted by Gasteiger charge is -2.29. The van der Waals surface area contributed by atoms with Crippen LogP contribution in [-0.2, 0) is 0 Å². The summed E-state index contributed by atoms with van der Waals surface area (Å²) >= 11 is 0.